The highest BCUT2D eigenvalue weighted by atomic mass is 32.1. The van der Waals surface area contributed by atoms with E-state index in [4.69, 9.17) is 0 Å². The smallest absolute Gasteiger partial charge is 0.314 e. The first-order valence-corrected chi connectivity index (χ1v) is 8.54. The van der Waals surface area contributed by atoms with E-state index in [1.54, 1.807) is 18.3 Å². The minimum Gasteiger partial charge on any atom is -0.342 e. The van der Waals surface area contributed by atoms with Crippen LogP contribution >= 0.6 is 11.3 Å². The van der Waals surface area contributed by atoms with Crippen LogP contribution in [0.15, 0.2) is 24.4 Å². The van der Waals surface area contributed by atoms with Crippen molar-refractivity contribution in [2.24, 2.45) is 0 Å². The summed E-state index contributed by atoms with van der Waals surface area (Å²) in [4.78, 5) is 29.2. The van der Waals surface area contributed by atoms with E-state index in [0.29, 0.717) is 16.3 Å². The van der Waals surface area contributed by atoms with Gasteiger partial charge >= 0.3 is 11.8 Å². The molecule has 0 unspecified atom stereocenters. The van der Waals surface area contributed by atoms with Crippen LogP contribution in [0.25, 0.3) is 0 Å². The average Bonchev–Trinajstić information content (AvgIpc) is 2.97. The summed E-state index contributed by atoms with van der Waals surface area (Å²) in [5.41, 5.74) is 2.20. The standard InChI is InChI=1S/C17H16N4O2S/c18-9-13-12-6-1-2-7-14(12)24-17(13)21-16(23)15(22)20-10-11-5-3-4-8-19-11/h3-5,8H,1-2,6-7,10H2,(H,20,22)(H,21,23). The number of nitriles is 1. The molecule has 2 aromatic rings. The van der Waals surface area contributed by atoms with Gasteiger partial charge in [0.05, 0.1) is 17.8 Å². The minimum absolute atomic E-state index is 0.180. The SMILES string of the molecule is N#Cc1c(NC(=O)C(=O)NCc2ccccn2)sc2c1CCCC2. The number of amides is 2. The molecule has 2 amide bonds. The Kier molecular flexibility index (Phi) is 4.87. The fourth-order valence-corrected chi connectivity index (χ4v) is 3.92. The number of thiophene rings is 1. The highest BCUT2D eigenvalue weighted by molar-refractivity contribution is 7.16. The van der Waals surface area contributed by atoms with Gasteiger partial charge in [-0.2, -0.15) is 5.26 Å². The van der Waals surface area contributed by atoms with Crippen molar-refractivity contribution in [3.63, 3.8) is 0 Å². The van der Waals surface area contributed by atoms with Crippen LogP contribution in [0.2, 0.25) is 0 Å². The van der Waals surface area contributed by atoms with Gasteiger partial charge in [-0.25, -0.2) is 0 Å². The maximum Gasteiger partial charge on any atom is 0.314 e. The Bertz CT molecular complexity index is 808. The summed E-state index contributed by atoms with van der Waals surface area (Å²) in [7, 11) is 0. The van der Waals surface area contributed by atoms with E-state index in [9.17, 15) is 14.9 Å². The third-order valence-electron chi connectivity index (χ3n) is 3.87. The molecular formula is C17H16N4O2S. The van der Waals surface area contributed by atoms with Crippen molar-refractivity contribution in [2.45, 2.75) is 32.2 Å². The molecule has 3 rings (SSSR count). The zero-order valence-corrected chi connectivity index (χ0v) is 13.8. The Balaban J connectivity index is 1.65. The summed E-state index contributed by atoms with van der Waals surface area (Å²) in [5, 5.41) is 14.9. The predicted octanol–water partition coefficient (Wildman–Crippen LogP) is 2.15. The van der Waals surface area contributed by atoms with Crippen LogP contribution in [0, 0.1) is 11.3 Å². The van der Waals surface area contributed by atoms with Crippen molar-refractivity contribution in [2.75, 3.05) is 5.32 Å². The summed E-state index contributed by atoms with van der Waals surface area (Å²) in [6.07, 6.45) is 5.55. The van der Waals surface area contributed by atoms with Gasteiger partial charge in [-0.15, -0.1) is 11.3 Å². The van der Waals surface area contributed by atoms with Crippen LogP contribution in [0.5, 0.6) is 0 Å². The topological polar surface area (TPSA) is 94.9 Å². The molecule has 0 aromatic carbocycles. The molecule has 0 saturated heterocycles. The third kappa shape index (κ3) is 3.44. The van der Waals surface area contributed by atoms with E-state index in [1.807, 2.05) is 6.07 Å². The fraction of sp³-hybridized carbons (Fsp3) is 0.294. The maximum atomic E-state index is 12.1. The zero-order valence-electron chi connectivity index (χ0n) is 13.0. The van der Waals surface area contributed by atoms with E-state index in [2.05, 4.69) is 21.7 Å². The Morgan fingerprint density at radius 1 is 1.25 bits per heavy atom. The monoisotopic (exact) mass is 340 g/mol. The predicted molar refractivity (Wildman–Crippen MR) is 90.4 cm³/mol. The van der Waals surface area contributed by atoms with Crippen molar-refractivity contribution in [3.8, 4) is 6.07 Å². The highest BCUT2D eigenvalue weighted by Crippen LogP contribution is 2.37. The molecule has 0 spiro atoms. The molecule has 2 aromatic heterocycles. The summed E-state index contributed by atoms with van der Waals surface area (Å²) >= 11 is 1.40. The lowest BCUT2D eigenvalue weighted by molar-refractivity contribution is -0.136. The molecule has 2 heterocycles. The largest absolute Gasteiger partial charge is 0.342 e. The number of rotatable bonds is 3. The lowest BCUT2D eigenvalue weighted by atomic mass is 9.96. The fourth-order valence-electron chi connectivity index (χ4n) is 2.69. The second-order valence-corrected chi connectivity index (χ2v) is 6.59. The van der Waals surface area contributed by atoms with Crippen LogP contribution < -0.4 is 10.6 Å². The number of hydrogen-bond donors (Lipinski definition) is 2. The average molecular weight is 340 g/mol. The second kappa shape index (κ2) is 7.23. The third-order valence-corrected chi connectivity index (χ3v) is 5.08. The van der Waals surface area contributed by atoms with Gasteiger partial charge in [0.25, 0.3) is 0 Å². The number of pyridine rings is 1. The van der Waals surface area contributed by atoms with Gasteiger partial charge in [0.1, 0.15) is 11.1 Å². The number of aromatic nitrogens is 1. The van der Waals surface area contributed by atoms with Crippen LogP contribution in [0.3, 0.4) is 0 Å². The van der Waals surface area contributed by atoms with E-state index in [1.165, 1.54) is 11.3 Å². The van der Waals surface area contributed by atoms with Crippen LogP contribution in [0.4, 0.5) is 5.00 Å². The van der Waals surface area contributed by atoms with Crippen molar-refractivity contribution >= 4 is 28.2 Å². The zero-order chi connectivity index (χ0) is 16.9. The molecular weight excluding hydrogens is 324 g/mol. The number of carbonyl (C=O) groups is 2. The van der Waals surface area contributed by atoms with Crippen molar-refractivity contribution in [3.05, 3.63) is 46.1 Å². The highest BCUT2D eigenvalue weighted by Gasteiger charge is 2.23. The molecule has 1 aliphatic carbocycles. The molecule has 2 N–H and O–H groups in total. The van der Waals surface area contributed by atoms with Crippen molar-refractivity contribution in [1.82, 2.24) is 10.3 Å². The molecule has 0 atom stereocenters. The normalized spacial score (nSPS) is 12.8. The molecule has 1 aliphatic rings. The van der Waals surface area contributed by atoms with E-state index < -0.39 is 11.8 Å². The van der Waals surface area contributed by atoms with Gasteiger partial charge in [0, 0.05) is 11.1 Å². The summed E-state index contributed by atoms with van der Waals surface area (Å²) in [6, 6.07) is 7.51. The summed E-state index contributed by atoms with van der Waals surface area (Å²) in [5.74, 6) is -1.50. The number of nitrogens with one attached hydrogen (secondary N) is 2. The lowest BCUT2D eigenvalue weighted by Crippen LogP contribution is -2.35. The molecule has 0 saturated carbocycles. The number of anilines is 1. The Morgan fingerprint density at radius 3 is 2.83 bits per heavy atom. The summed E-state index contributed by atoms with van der Waals surface area (Å²) in [6.45, 7) is 0.180. The number of carbonyl (C=O) groups excluding carboxylic acids is 2. The number of fused-ring (bicyclic) bond motifs is 1. The summed E-state index contributed by atoms with van der Waals surface area (Å²) < 4.78 is 0. The maximum absolute atomic E-state index is 12.1. The van der Waals surface area contributed by atoms with E-state index >= 15 is 0 Å². The van der Waals surface area contributed by atoms with Crippen LogP contribution in [-0.4, -0.2) is 16.8 Å². The molecule has 7 heteroatoms. The van der Waals surface area contributed by atoms with Crippen molar-refractivity contribution < 1.29 is 9.59 Å². The second-order valence-electron chi connectivity index (χ2n) is 5.48. The molecule has 0 aliphatic heterocycles. The van der Waals surface area contributed by atoms with E-state index in [0.717, 1.165) is 36.1 Å². The molecule has 6 nitrogen and oxygen atoms in total. The first kappa shape index (κ1) is 16.1. The van der Waals surface area contributed by atoms with Gasteiger partial charge in [-0.1, -0.05) is 6.07 Å². The molecule has 0 radical (unpaired) electrons. The molecule has 0 fully saturated rings. The Labute approximate surface area is 143 Å². The Morgan fingerprint density at radius 2 is 2.08 bits per heavy atom. The molecule has 0 bridgehead atoms. The quantitative estimate of drug-likeness (QED) is 0.837. The first-order chi connectivity index (χ1) is 11.7. The first-order valence-electron chi connectivity index (χ1n) is 7.72. The number of hydrogen-bond acceptors (Lipinski definition) is 5. The van der Waals surface area contributed by atoms with Gasteiger partial charge in [0.15, 0.2) is 0 Å². The molecule has 24 heavy (non-hydrogen) atoms. The van der Waals surface area contributed by atoms with Gasteiger partial charge in [-0.05, 0) is 43.4 Å². The lowest BCUT2D eigenvalue weighted by Gasteiger charge is -2.09. The number of nitrogens with zero attached hydrogens (tertiary/aromatic N) is 2. The molecule has 122 valence electrons. The van der Waals surface area contributed by atoms with Gasteiger partial charge < -0.3 is 10.6 Å². The Hall–Kier alpha value is -2.72. The van der Waals surface area contributed by atoms with E-state index in [-0.39, 0.29) is 6.54 Å². The van der Waals surface area contributed by atoms with Crippen LogP contribution in [0.1, 0.15) is 34.5 Å². The van der Waals surface area contributed by atoms with Crippen molar-refractivity contribution in [1.29, 1.82) is 5.26 Å². The minimum atomic E-state index is -0.763. The van der Waals surface area contributed by atoms with Gasteiger partial charge in [-0.3, -0.25) is 14.6 Å². The van der Waals surface area contributed by atoms with Crippen LogP contribution in [-0.2, 0) is 29.0 Å². The number of aryl methyl sites for hydroxylation is 1. The van der Waals surface area contributed by atoms with Gasteiger partial charge in [0.2, 0.25) is 0 Å².